The molecule has 0 bridgehead atoms. The minimum Gasteiger partial charge on any atom is -0.0877 e. The van der Waals surface area contributed by atoms with Crippen LogP contribution in [0.25, 0.3) is 0 Å². The van der Waals surface area contributed by atoms with Crippen molar-refractivity contribution in [2.24, 2.45) is 5.92 Å². The lowest BCUT2D eigenvalue weighted by Crippen LogP contribution is -1.93. The van der Waals surface area contributed by atoms with Gasteiger partial charge in [-0.2, -0.15) is 0 Å². The molecule has 0 heteroatoms. The zero-order valence-electron chi connectivity index (χ0n) is 8.01. The molecule has 0 saturated carbocycles. The molecule has 0 fully saturated rings. The van der Waals surface area contributed by atoms with Gasteiger partial charge in [0.1, 0.15) is 0 Å². The van der Waals surface area contributed by atoms with Gasteiger partial charge in [0.15, 0.2) is 0 Å². The molecule has 0 aromatic rings. The van der Waals surface area contributed by atoms with E-state index in [4.69, 9.17) is 0 Å². The van der Waals surface area contributed by atoms with Gasteiger partial charge in [0.05, 0.1) is 0 Å². The van der Waals surface area contributed by atoms with Crippen molar-refractivity contribution in [2.45, 2.75) is 40.0 Å². The highest BCUT2D eigenvalue weighted by atomic mass is 14.0. The van der Waals surface area contributed by atoms with Crippen LogP contribution in [0.4, 0.5) is 0 Å². The molecule has 0 aliphatic rings. The molecule has 0 aromatic heterocycles. The number of hydrogen-bond donors (Lipinski definition) is 0. The second-order valence-electron chi connectivity index (χ2n) is 2.87. The van der Waals surface area contributed by atoms with E-state index in [0.29, 0.717) is 0 Å². The van der Waals surface area contributed by atoms with Crippen molar-refractivity contribution in [3.05, 3.63) is 24.3 Å². The van der Waals surface area contributed by atoms with Crippen LogP contribution in [0.15, 0.2) is 24.3 Å². The van der Waals surface area contributed by atoms with Gasteiger partial charge in [-0.25, -0.2) is 0 Å². The molecule has 0 heterocycles. The van der Waals surface area contributed by atoms with Gasteiger partial charge in [0.25, 0.3) is 0 Å². The zero-order chi connectivity index (χ0) is 8.53. The maximum absolute atomic E-state index is 2.26. The quantitative estimate of drug-likeness (QED) is 0.523. The molecule has 0 N–H and O–H groups in total. The van der Waals surface area contributed by atoms with Crippen LogP contribution in [0.5, 0.6) is 0 Å². The van der Waals surface area contributed by atoms with Crippen molar-refractivity contribution in [3.8, 4) is 0 Å². The highest BCUT2D eigenvalue weighted by Crippen LogP contribution is 2.12. The van der Waals surface area contributed by atoms with E-state index in [9.17, 15) is 0 Å². The predicted molar refractivity (Wildman–Crippen MR) is 52.6 cm³/mol. The topological polar surface area (TPSA) is 0 Å². The minimum absolute atomic E-state index is 0.886. The van der Waals surface area contributed by atoms with Crippen molar-refractivity contribution in [1.82, 2.24) is 0 Å². The lowest BCUT2D eigenvalue weighted by molar-refractivity contribution is 0.500. The summed E-state index contributed by atoms with van der Waals surface area (Å²) < 4.78 is 0. The Labute approximate surface area is 71.0 Å². The molecule has 0 amide bonds. The highest BCUT2D eigenvalue weighted by Gasteiger charge is 1.98. The second kappa shape index (κ2) is 7.59. The summed E-state index contributed by atoms with van der Waals surface area (Å²) in [6.07, 6.45) is 12.4. The van der Waals surface area contributed by atoms with E-state index in [1.54, 1.807) is 0 Å². The van der Waals surface area contributed by atoms with Gasteiger partial charge < -0.3 is 0 Å². The Morgan fingerprint density at radius 1 is 1.09 bits per heavy atom. The van der Waals surface area contributed by atoms with Crippen LogP contribution in [-0.4, -0.2) is 0 Å². The van der Waals surface area contributed by atoms with Gasteiger partial charge in [-0.15, -0.1) is 0 Å². The molecule has 0 rings (SSSR count). The smallest absolute Gasteiger partial charge is 0.0319 e. The Hall–Kier alpha value is -0.520. The fourth-order valence-corrected chi connectivity index (χ4v) is 1.08. The van der Waals surface area contributed by atoms with Crippen LogP contribution in [-0.2, 0) is 0 Å². The average Bonchev–Trinajstić information content (AvgIpc) is 2.05. The van der Waals surface area contributed by atoms with E-state index in [2.05, 4.69) is 38.2 Å². The van der Waals surface area contributed by atoms with E-state index >= 15 is 0 Å². The Bertz CT molecular complexity index is 116. The first kappa shape index (κ1) is 10.5. The average molecular weight is 152 g/mol. The van der Waals surface area contributed by atoms with E-state index in [-0.39, 0.29) is 0 Å². The fraction of sp³-hybridized carbons (Fsp3) is 0.636. The molecule has 0 atom stereocenters. The summed E-state index contributed by atoms with van der Waals surface area (Å²) in [5, 5.41) is 0. The molecule has 0 aliphatic heterocycles. The summed E-state index contributed by atoms with van der Waals surface area (Å²) in [6, 6.07) is 0. The molecule has 0 saturated heterocycles. The van der Waals surface area contributed by atoms with Crippen LogP contribution in [0.1, 0.15) is 40.0 Å². The highest BCUT2D eigenvalue weighted by molar-refractivity contribution is 5.01. The van der Waals surface area contributed by atoms with Gasteiger partial charge in [-0.1, -0.05) is 51.0 Å². The van der Waals surface area contributed by atoms with Crippen molar-refractivity contribution < 1.29 is 0 Å². The standard InChI is InChI=1S/C11H20/c1-4-7-8-9-10-11(5-2)6-3/h4,7-9,11H,5-6,10H2,1-3H3. The number of rotatable bonds is 5. The Kier molecular flexibility index (Phi) is 7.23. The van der Waals surface area contributed by atoms with Crippen LogP contribution < -0.4 is 0 Å². The number of allylic oxidation sites excluding steroid dienone is 4. The molecular formula is C11H20. The minimum atomic E-state index is 0.886. The normalized spacial score (nSPS) is 12.4. The Morgan fingerprint density at radius 3 is 2.18 bits per heavy atom. The van der Waals surface area contributed by atoms with E-state index in [1.807, 2.05) is 6.92 Å². The van der Waals surface area contributed by atoms with Crippen molar-refractivity contribution >= 4 is 0 Å². The second-order valence-corrected chi connectivity index (χ2v) is 2.87. The van der Waals surface area contributed by atoms with Crippen LogP contribution >= 0.6 is 0 Å². The van der Waals surface area contributed by atoms with Crippen LogP contribution in [0, 0.1) is 5.92 Å². The first-order chi connectivity index (χ1) is 5.35. The molecule has 11 heavy (non-hydrogen) atoms. The van der Waals surface area contributed by atoms with E-state index in [1.165, 1.54) is 19.3 Å². The lowest BCUT2D eigenvalue weighted by atomic mass is 9.99. The predicted octanol–water partition coefficient (Wildman–Crippen LogP) is 3.95. The molecule has 0 spiro atoms. The largest absolute Gasteiger partial charge is 0.0877 e. The monoisotopic (exact) mass is 152 g/mol. The third-order valence-electron chi connectivity index (χ3n) is 2.06. The molecule has 0 aliphatic carbocycles. The van der Waals surface area contributed by atoms with Gasteiger partial charge >= 0.3 is 0 Å². The molecule has 0 nitrogen and oxygen atoms in total. The summed E-state index contributed by atoms with van der Waals surface area (Å²) >= 11 is 0. The van der Waals surface area contributed by atoms with Gasteiger partial charge in [-0.3, -0.25) is 0 Å². The SMILES string of the molecule is CC=CC=CCC(CC)CC. The maximum Gasteiger partial charge on any atom is -0.0319 e. The van der Waals surface area contributed by atoms with Gasteiger partial charge in [-0.05, 0) is 19.3 Å². The molecule has 0 aromatic carbocycles. The third kappa shape index (κ3) is 5.90. The van der Waals surface area contributed by atoms with Gasteiger partial charge in [0.2, 0.25) is 0 Å². The van der Waals surface area contributed by atoms with Crippen molar-refractivity contribution in [2.75, 3.05) is 0 Å². The summed E-state index contributed by atoms with van der Waals surface area (Å²) in [6.45, 7) is 6.57. The molecule has 64 valence electrons. The summed E-state index contributed by atoms with van der Waals surface area (Å²) in [4.78, 5) is 0. The van der Waals surface area contributed by atoms with Gasteiger partial charge in [0, 0.05) is 0 Å². The van der Waals surface area contributed by atoms with Crippen molar-refractivity contribution in [1.29, 1.82) is 0 Å². The fourth-order valence-electron chi connectivity index (χ4n) is 1.08. The third-order valence-corrected chi connectivity index (χ3v) is 2.06. The van der Waals surface area contributed by atoms with Crippen LogP contribution in [0.3, 0.4) is 0 Å². The first-order valence-corrected chi connectivity index (χ1v) is 4.62. The zero-order valence-corrected chi connectivity index (χ0v) is 8.01. The summed E-state index contributed by atoms with van der Waals surface area (Å²) in [5.41, 5.74) is 0. The molecule has 0 unspecified atom stereocenters. The Balaban J connectivity index is 3.49. The lowest BCUT2D eigenvalue weighted by Gasteiger charge is -2.06. The summed E-state index contributed by atoms with van der Waals surface area (Å²) in [5.74, 6) is 0.886. The van der Waals surface area contributed by atoms with Crippen LogP contribution in [0.2, 0.25) is 0 Å². The van der Waals surface area contributed by atoms with E-state index in [0.717, 1.165) is 5.92 Å². The number of hydrogen-bond acceptors (Lipinski definition) is 0. The molecular weight excluding hydrogens is 132 g/mol. The molecule has 0 radical (unpaired) electrons. The van der Waals surface area contributed by atoms with E-state index < -0.39 is 0 Å². The first-order valence-electron chi connectivity index (χ1n) is 4.62. The summed E-state index contributed by atoms with van der Waals surface area (Å²) in [7, 11) is 0. The maximum atomic E-state index is 2.26. The van der Waals surface area contributed by atoms with Crippen molar-refractivity contribution in [3.63, 3.8) is 0 Å². The Morgan fingerprint density at radius 2 is 1.73 bits per heavy atom.